The first-order chi connectivity index (χ1) is 9.66. The van der Waals surface area contributed by atoms with Gasteiger partial charge in [-0.1, -0.05) is 30.3 Å². The Morgan fingerprint density at radius 2 is 2.00 bits per heavy atom. The van der Waals surface area contributed by atoms with Crippen LogP contribution in [0.3, 0.4) is 0 Å². The molecule has 1 aromatic heterocycles. The number of carbonyl (C=O) groups is 1. The number of amides is 1. The molecule has 0 saturated carbocycles. The molecule has 0 radical (unpaired) electrons. The highest BCUT2D eigenvalue weighted by Crippen LogP contribution is 2.26. The van der Waals surface area contributed by atoms with Gasteiger partial charge in [0.15, 0.2) is 0 Å². The van der Waals surface area contributed by atoms with Crippen molar-refractivity contribution in [2.45, 2.75) is 32.6 Å². The number of carbonyl (C=O) groups excluding carboxylic acids is 1. The van der Waals surface area contributed by atoms with Crippen molar-refractivity contribution in [1.29, 1.82) is 0 Å². The minimum atomic E-state index is -0.217. The Hall–Kier alpha value is -1.65. The maximum atomic E-state index is 12.6. The number of aryl methyl sites for hydroxylation is 1. The van der Waals surface area contributed by atoms with E-state index < -0.39 is 0 Å². The quantitative estimate of drug-likeness (QED) is 0.940. The highest BCUT2D eigenvalue weighted by molar-refractivity contribution is 7.08. The molecule has 20 heavy (non-hydrogen) atoms. The van der Waals surface area contributed by atoms with Gasteiger partial charge in [0, 0.05) is 6.54 Å². The molecule has 2 aromatic rings. The SMILES string of the molecule is Cc1cscc1CN1C(=O)C(c2ccccc2)NC1C. The smallest absolute Gasteiger partial charge is 0.245 e. The van der Waals surface area contributed by atoms with Crippen LogP contribution in [-0.4, -0.2) is 17.0 Å². The summed E-state index contributed by atoms with van der Waals surface area (Å²) in [5.41, 5.74) is 3.54. The topological polar surface area (TPSA) is 32.3 Å². The third kappa shape index (κ3) is 2.37. The molecule has 1 aliphatic rings. The van der Waals surface area contributed by atoms with E-state index in [9.17, 15) is 4.79 Å². The van der Waals surface area contributed by atoms with E-state index in [2.05, 4.69) is 23.0 Å². The number of rotatable bonds is 3. The average Bonchev–Trinajstić information content (AvgIpc) is 2.98. The van der Waals surface area contributed by atoms with E-state index in [1.54, 1.807) is 11.3 Å². The van der Waals surface area contributed by atoms with E-state index in [-0.39, 0.29) is 18.1 Å². The summed E-state index contributed by atoms with van der Waals surface area (Å²) in [4.78, 5) is 14.5. The molecule has 2 unspecified atom stereocenters. The van der Waals surface area contributed by atoms with Gasteiger partial charge in [0.1, 0.15) is 6.04 Å². The van der Waals surface area contributed by atoms with Crippen LogP contribution in [0.2, 0.25) is 0 Å². The van der Waals surface area contributed by atoms with Crippen LogP contribution in [0.25, 0.3) is 0 Å². The molecule has 3 nitrogen and oxygen atoms in total. The maximum absolute atomic E-state index is 12.6. The van der Waals surface area contributed by atoms with Crippen LogP contribution in [0.5, 0.6) is 0 Å². The normalized spacial score (nSPS) is 22.5. The zero-order valence-electron chi connectivity index (χ0n) is 11.7. The maximum Gasteiger partial charge on any atom is 0.245 e. The average molecular weight is 286 g/mol. The molecule has 1 saturated heterocycles. The van der Waals surface area contributed by atoms with Crippen molar-refractivity contribution in [2.75, 3.05) is 0 Å². The van der Waals surface area contributed by atoms with Crippen LogP contribution < -0.4 is 5.32 Å². The molecule has 0 spiro atoms. The zero-order valence-corrected chi connectivity index (χ0v) is 12.5. The largest absolute Gasteiger partial charge is 0.321 e. The van der Waals surface area contributed by atoms with Crippen molar-refractivity contribution < 1.29 is 4.79 Å². The summed E-state index contributed by atoms with van der Waals surface area (Å²) in [6, 6.07) is 9.70. The predicted octanol–water partition coefficient (Wildman–Crippen LogP) is 3.08. The second-order valence-electron chi connectivity index (χ2n) is 5.23. The monoisotopic (exact) mass is 286 g/mol. The molecule has 4 heteroatoms. The van der Waals surface area contributed by atoms with Crippen LogP contribution in [0.15, 0.2) is 41.1 Å². The number of nitrogens with zero attached hydrogens (tertiary/aromatic N) is 1. The van der Waals surface area contributed by atoms with Crippen molar-refractivity contribution in [3.8, 4) is 0 Å². The molecule has 2 heterocycles. The Balaban J connectivity index is 1.81. The molecule has 2 atom stereocenters. The van der Waals surface area contributed by atoms with E-state index >= 15 is 0 Å². The van der Waals surface area contributed by atoms with Gasteiger partial charge in [-0.15, -0.1) is 0 Å². The number of benzene rings is 1. The van der Waals surface area contributed by atoms with E-state index in [0.29, 0.717) is 6.54 Å². The fraction of sp³-hybridized carbons (Fsp3) is 0.312. The molecular formula is C16H18N2OS. The summed E-state index contributed by atoms with van der Waals surface area (Å²) in [6.45, 7) is 4.83. The summed E-state index contributed by atoms with van der Waals surface area (Å²) in [5.74, 6) is 0.161. The van der Waals surface area contributed by atoms with Gasteiger partial charge in [0.05, 0.1) is 6.17 Å². The Bertz CT molecular complexity index is 608. The van der Waals surface area contributed by atoms with Gasteiger partial charge < -0.3 is 4.90 Å². The zero-order chi connectivity index (χ0) is 14.1. The van der Waals surface area contributed by atoms with Crippen molar-refractivity contribution in [3.05, 3.63) is 57.8 Å². The van der Waals surface area contributed by atoms with Crippen LogP contribution in [0, 0.1) is 6.92 Å². The third-order valence-electron chi connectivity index (χ3n) is 3.84. The minimum Gasteiger partial charge on any atom is -0.321 e. The second kappa shape index (κ2) is 5.38. The van der Waals surface area contributed by atoms with Crippen LogP contribution in [0.1, 0.15) is 29.7 Å². The van der Waals surface area contributed by atoms with Gasteiger partial charge in [-0.25, -0.2) is 0 Å². The molecule has 1 amide bonds. The van der Waals surface area contributed by atoms with Crippen molar-refractivity contribution in [3.63, 3.8) is 0 Å². The lowest BCUT2D eigenvalue weighted by Crippen LogP contribution is -2.34. The lowest BCUT2D eigenvalue weighted by molar-refractivity contribution is -0.130. The molecule has 104 valence electrons. The first kappa shape index (κ1) is 13.3. The molecule has 1 N–H and O–H groups in total. The lowest BCUT2D eigenvalue weighted by atomic mass is 10.1. The highest BCUT2D eigenvalue weighted by atomic mass is 32.1. The Kier molecular flexibility index (Phi) is 3.59. The molecular weight excluding hydrogens is 268 g/mol. The lowest BCUT2D eigenvalue weighted by Gasteiger charge is -2.20. The van der Waals surface area contributed by atoms with Crippen LogP contribution in [-0.2, 0) is 11.3 Å². The summed E-state index contributed by atoms with van der Waals surface area (Å²) >= 11 is 1.69. The standard InChI is InChI=1S/C16H18N2OS/c1-11-9-20-10-14(11)8-18-12(2)17-15(16(18)19)13-6-4-3-5-7-13/h3-7,9-10,12,15,17H,8H2,1-2H3. The first-order valence-electron chi connectivity index (χ1n) is 6.80. The minimum absolute atomic E-state index is 0.0620. The van der Waals surface area contributed by atoms with Gasteiger partial charge >= 0.3 is 0 Å². The third-order valence-corrected chi connectivity index (χ3v) is 4.75. The molecule has 0 bridgehead atoms. The van der Waals surface area contributed by atoms with E-state index in [4.69, 9.17) is 0 Å². The number of nitrogens with one attached hydrogen (secondary N) is 1. The molecule has 3 rings (SSSR count). The van der Waals surface area contributed by atoms with E-state index in [0.717, 1.165) is 5.56 Å². The van der Waals surface area contributed by atoms with Gasteiger partial charge in [-0.2, -0.15) is 11.3 Å². The van der Waals surface area contributed by atoms with E-state index in [1.807, 2.05) is 42.2 Å². The number of hydrogen-bond acceptors (Lipinski definition) is 3. The second-order valence-corrected chi connectivity index (χ2v) is 5.98. The number of hydrogen-bond donors (Lipinski definition) is 1. The van der Waals surface area contributed by atoms with Gasteiger partial charge in [0.2, 0.25) is 5.91 Å². The van der Waals surface area contributed by atoms with E-state index in [1.165, 1.54) is 11.1 Å². The molecule has 0 aliphatic carbocycles. The van der Waals surface area contributed by atoms with Crippen molar-refractivity contribution in [2.24, 2.45) is 0 Å². The predicted molar refractivity (Wildman–Crippen MR) is 81.4 cm³/mol. The van der Waals surface area contributed by atoms with Crippen LogP contribution >= 0.6 is 11.3 Å². The van der Waals surface area contributed by atoms with Crippen molar-refractivity contribution >= 4 is 17.2 Å². The fourth-order valence-corrected chi connectivity index (χ4v) is 3.44. The molecule has 1 fully saturated rings. The summed E-state index contributed by atoms with van der Waals surface area (Å²) in [6.07, 6.45) is 0.0620. The molecule has 1 aliphatic heterocycles. The van der Waals surface area contributed by atoms with Gasteiger partial charge in [0.25, 0.3) is 0 Å². The van der Waals surface area contributed by atoms with Gasteiger partial charge in [-0.3, -0.25) is 10.1 Å². The first-order valence-corrected chi connectivity index (χ1v) is 7.74. The number of thiophene rings is 1. The summed E-state index contributed by atoms with van der Waals surface area (Å²) < 4.78 is 0. The Morgan fingerprint density at radius 1 is 1.25 bits per heavy atom. The highest BCUT2D eigenvalue weighted by Gasteiger charge is 2.37. The summed E-state index contributed by atoms with van der Waals surface area (Å²) in [5, 5.41) is 7.64. The van der Waals surface area contributed by atoms with Gasteiger partial charge in [-0.05, 0) is 41.3 Å². The Morgan fingerprint density at radius 3 is 2.65 bits per heavy atom. The van der Waals surface area contributed by atoms with Crippen LogP contribution in [0.4, 0.5) is 0 Å². The Labute approximate surface area is 123 Å². The molecule has 1 aromatic carbocycles. The summed E-state index contributed by atoms with van der Waals surface area (Å²) in [7, 11) is 0. The van der Waals surface area contributed by atoms with Crippen molar-refractivity contribution in [1.82, 2.24) is 10.2 Å². The fourth-order valence-electron chi connectivity index (χ4n) is 2.59.